The third-order valence-corrected chi connectivity index (χ3v) is 3.90. The van der Waals surface area contributed by atoms with E-state index in [1.807, 2.05) is 32.9 Å². The summed E-state index contributed by atoms with van der Waals surface area (Å²) in [7, 11) is 0. The van der Waals surface area contributed by atoms with E-state index in [0.29, 0.717) is 0 Å². The van der Waals surface area contributed by atoms with Gasteiger partial charge in [0, 0.05) is 21.1 Å². The van der Waals surface area contributed by atoms with E-state index in [9.17, 15) is 4.79 Å². The number of hydrogen-bond donors (Lipinski definition) is 1. The van der Waals surface area contributed by atoms with Crippen molar-refractivity contribution in [1.82, 2.24) is 4.98 Å². The summed E-state index contributed by atoms with van der Waals surface area (Å²) in [6, 6.07) is 3.81. The normalized spacial score (nSPS) is 11.0. The smallest absolute Gasteiger partial charge is 0.192 e. The summed E-state index contributed by atoms with van der Waals surface area (Å²) in [5.74, 6) is 0. The zero-order valence-corrected chi connectivity index (χ0v) is 11.2. The van der Waals surface area contributed by atoms with Crippen molar-refractivity contribution in [1.29, 1.82) is 0 Å². The van der Waals surface area contributed by atoms with Gasteiger partial charge < -0.3 is 4.98 Å². The molecule has 84 valence electrons. The van der Waals surface area contributed by atoms with Gasteiger partial charge in [0.1, 0.15) is 0 Å². The zero-order valence-electron chi connectivity index (χ0n) is 9.65. The molecule has 1 aromatic heterocycles. The highest BCUT2D eigenvalue weighted by molar-refractivity contribution is 9.10. The summed E-state index contributed by atoms with van der Waals surface area (Å²) < 4.78 is 1.03. The molecule has 2 rings (SSSR count). The topological polar surface area (TPSA) is 32.9 Å². The van der Waals surface area contributed by atoms with E-state index >= 15 is 0 Å². The van der Waals surface area contributed by atoms with E-state index in [-0.39, 0.29) is 5.43 Å². The monoisotopic (exact) mass is 279 g/mol. The van der Waals surface area contributed by atoms with Crippen LogP contribution >= 0.6 is 15.9 Å². The van der Waals surface area contributed by atoms with Crippen molar-refractivity contribution < 1.29 is 0 Å². The molecule has 0 aliphatic rings. The Labute approximate surface area is 103 Å². The van der Waals surface area contributed by atoms with Gasteiger partial charge in [-0.2, -0.15) is 0 Å². The minimum Gasteiger partial charge on any atom is -0.358 e. The van der Waals surface area contributed by atoms with Gasteiger partial charge in [0.15, 0.2) is 5.43 Å². The average Bonchev–Trinajstić information content (AvgIpc) is 2.25. The largest absolute Gasteiger partial charge is 0.358 e. The predicted molar refractivity (Wildman–Crippen MR) is 71.1 cm³/mol. The minimum atomic E-state index is 0.157. The van der Waals surface area contributed by atoms with E-state index in [4.69, 9.17) is 0 Å². The number of H-pyrrole nitrogens is 1. The van der Waals surface area contributed by atoms with Crippen LogP contribution in [0.4, 0.5) is 0 Å². The van der Waals surface area contributed by atoms with Crippen molar-refractivity contribution in [3.8, 4) is 0 Å². The van der Waals surface area contributed by atoms with E-state index in [1.165, 1.54) is 0 Å². The number of pyridine rings is 1. The molecule has 0 unspecified atom stereocenters. The molecule has 2 aromatic rings. The van der Waals surface area contributed by atoms with Gasteiger partial charge in [-0.3, -0.25) is 4.79 Å². The van der Waals surface area contributed by atoms with Gasteiger partial charge in [-0.05, 0) is 38.0 Å². The van der Waals surface area contributed by atoms with Crippen molar-refractivity contribution in [2.45, 2.75) is 27.2 Å². The molecule has 0 aliphatic carbocycles. The Balaban J connectivity index is 2.99. The molecule has 0 fully saturated rings. The number of rotatable bonds is 1. The third kappa shape index (κ3) is 1.59. The summed E-state index contributed by atoms with van der Waals surface area (Å²) in [5.41, 5.74) is 4.04. The average molecular weight is 280 g/mol. The van der Waals surface area contributed by atoms with Crippen LogP contribution < -0.4 is 5.43 Å². The van der Waals surface area contributed by atoms with Crippen molar-refractivity contribution in [3.63, 3.8) is 0 Å². The lowest BCUT2D eigenvalue weighted by Gasteiger charge is -2.09. The summed E-state index contributed by atoms with van der Waals surface area (Å²) in [6.07, 6.45) is 0.770. The Morgan fingerprint density at radius 1 is 1.31 bits per heavy atom. The first-order valence-corrected chi connectivity index (χ1v) is 6.16. The number of aromatic amines is 1. The molecule has 0 bridgehead atoms. The molecular weight excluding hydrogens is 266 g/mol. The van der Waals surface area contributed by atoms with Gasteiger partial charge in [-0.1, -0.05) is 22.9 Å². The SMILES string of the molecule is CCc1c(C)[nH]c2c(C)c(Br)ccc2c1=O. The number of aryl methyl sites for hydroxylation is 2. The van der Waals surface area contributed by atoms with E-state index in [0.717, 1.165) is 38.6 Å². The number of nitrogens with one attached hydrogen (secondary N) is 1. The molecule has 0 atom stereocenters. The molecule has 0 saturated carbocycles. The van der Waals surface area contributed by atoms with Crippen molar-refractivity contribution in [2.24, 2.45) is 0 Å². The van der Waals surface area contributed by atoms with Crippen LogP contribution in [-0.4, -0.2) is 4.98 Å². The fourth-order valence-corrected chi connectivity index (χ4v) is 2.39. The minimum absolute atomic E-state index is 0.157. The van der Waals surface area contributed by atoms with Crippen LogP contribution in [0.2, 0.25) is 0 Å². The second-order valence-electron chi connectivity index (χ2n) is 4.01. The van der Waals surface area contributed by atoms with Crippen molar-refractivity contribution >= 4 is 26.8 Å². The first kappa shape index (κ1) is 11.4. The fourth-order valence-electron chi connectivity index (χ4n) is 2.06. The van der Waals surface area contributed by atoms with Gasteiger partial charge in [-0.15, -0.1) is 0 Å². The molecule has 0 aliphatic heterocycles. The second-order valence-corrected chi connectivity index (χ2v) is 4.86. The Morgan fingerprint density at radius 3 is 2.62 bits per heavy atom. The maximum absolute atomic E-state index is 12.2. The highest BCUT2D eigenvalue weighted by Gasteiger charge is 2.10. The van der Waals surface area contributed by atoms with Gasteiger partial charge in [0.2, 0.25) is 0 Å². The van der Waals surface area contributed by atoms with E-state index in [1.54, 1.807) is 0 Å². The van der Waals surface area contributed by atoms with Crippen LogP contribution in [0, 0.1) is 13.8 Å². The number of benzene rings is 1. The number of aromatic nitrogens is 1. The Hall–Kier alpha value is -1.09. The molecule has 0 saturated heterocycles. The molecule has 3 heteroatoms. The molecule has 2 nitrogen and oxygen atoms in total. The van der Waals surface area contributed by atoms with Gasteiger partial charge in [0.25, 0.3) is 0 Å². The van der Waals surface area contributed by atoms with Crippen LogP contribution in [0.5, 0.6) is 0 Å². The molecule has 1 heterocycles. The van der Waals surface area contributed by atoms with Crippen LogP contribution in [0.3, 0.4) is 0 Å². The number of hydrogen-bond acceptors (Lipinski definition) is 1. The van der Waals surface area contributed by atoms with Crippen molar-refractivity contribution in [3.05, 3.63) is 43.6 Å². The predicted octanol–water partition coefficient (Wildman–Crippen LogP) is 3.47. The summed E-state index contributed by atoms with van der Waals surface area (Å²) in [4.78, 5) is 15.5. The summed E-state index contributed by atoms with van der Waals surface area (Å²) >= 11 is 3.48. The summed E-state index contributed by atoms with van der Waals surface area (Å²) in [6.45, 7) is 5.97. The zero-order chi connectivity index (χ0) is 11.9. The third-order valence-electron chi connectivity index (χ3n) is 3.04. The lowest BCUT2D eigenvalue weighted by atomic mass is 10.0. The Bertz CT molecular complexity index is 613. The van der Waals surface area contributed by atoms with Crippen molar-refractivity contribution in [2.75, 3.05) is 0 Å². The highest BCUT2D eigenvalue weighted by atomic mass is 79.9. The van der Waals surface area contributed by atoms with Crippen LogP contribution in [-0.2, 0) is 6.42 Å². The van der Waals surface area contributed by atoms with Gasteiger partial charge >= 0.3 is 0 Å². The first-order chi connectivity index (χ1) is 7.56. The maximum Gasteiger partial charge on any atom is 0.192 e. The molecular formula is C13H14BrNO. The highest BCUT2D eigenvalue weighted by Crippen LogP contribution is 2.23. The fraction of sp³-hybridized carbons (Fsp3) is 0.308. The molecule has 1 aromatic carbocycles. The Kier molecular flexibility index (Phi) is 2.89. The lowest BCUT2D eigenvalue weighted by Crippen LogP contribution is -2.13. The standard InChI is InChI=1S/C13H14BrNO/c1-4-9-8(3)15-12-7(2)11(14)6-5-10(12)13(9)16/h5-6H,4H2,1-3H3,(H,15,16). The first-order valence-electron chi connectivity index (χ1n) is 5.36. The molecule has 0 radical (unpaired) electrons. The van der Waals surface area contributed by atoms with Crippen LogP contribution in [0.15, 0.2) is 21.4 Å². The molecule has 1 N–H and O–H groups in total. The van der Waals surface area contributed by atoms with Gasteiger partial charge in [-0.25, -0.2) is 0 Å². The van der Waals surface area contributed by atoms with Crippen LogP contribution in [0.1, 0.15) is 23.7 Å². The van der Waals surface area contributed by atoms with E-state index < -0.39 is 0 Å². The summed E-state index contributed by atoms with van der Waals surface area (Å²) in [5, 5.41) is 0.781. The number of halogens is 1. The molecule has 16 heavy (non-hydrogen) atoms. The number of fused-ring (bicyclic) bond motifs is 1. The van der Waals surface area contributed by atoms with Crippen LogP contribution in [0.25, 0.3) is 10.9 Å². The quantitative estimate of drug-likeness (QED) is 0.852. The second kappa shape index (κ2) is 4.06. The maximum atomic E-state index is 12.2. The lowest BCUT2D eigenvalue weighted by molar-refractivity contribution is 1.05. The van der Waals surface area contributed by atoms with E-state index in [2.05, 4.69) is 20.9 Å². The molecule has 0 amide bonds. The Morgan fingerprint density at radius 2 is 2.00 bits per heavy atom. The molecule has 0 spiro atoms. The van der Waals surface area contributed by atoms with Gasteiger partial charge in [0.05, 0.1) is 5.52 Å².